The van der Waals surface area contributed by atoms with Crippen LogP contribution in [0.5, 0.6) is 0 Å². The summed E-state index contributed by atoms with van der Waals surface area (Å²) in [7, 11) is 0. The van der Waals surface area contributed by atoms with Crippen LogP contribution in [-0.2, 0) is 17.8 Å². The molecule has 0 saturated heterocycles. The first-order chi connectivity index (χ1) is 5.63. The first-order valence-electron chi connectivity index (χ1n) is 3.94. The molecule has 1 aromatic heterocycles. The molecule has 0 unspecified atom stereocenters. The number of hydrogen-bond acceptors (Lipinski definition) is 2. The van der Waals surface area contributed by atoms with E-state index in [0.717, 1.165) is 17.7 Å². The molecule has 0 bridgehead atoms. The number of carbonyl (C=O) groups is 1. The highest BCUT2D eigenvalue weighted by molar-refractivity contribution is 5.73. The summed E-state index contributed by atoms with van der Waals surface area (Å²) >= 11 is 0. The molecule has 1 amide bonds. The number of carbonyl (C=O) groups excluding carboxylic acids is 1. The van der Waals surface area contributed by atoms with Crippen molar-refractivity contribution in [3.8, 4) is 0 Å². The van der Waals surface area contributed by atoms with Crippen molar-refractivity contribution in [1.29, 1.82) is 0 Å². The zero-order chi connectivity index (χ0) is 9.14. The van der Waals surface area contributed by atoms with Crippen LogP contribution in [0.3, 0.4) is 0 Å². The van der Waals surface area contributed by atoms with Crippen molar-refractivity contribution in [3.63, 3.8) is 0 Å². The maximum absolute atomic E-state index is 10.5. The van der Waals surface area contributed by atoms with Gasteiger partial charge in [-0.15, -0.1) is 0 Å². The molecule has 0 saturated carbocycles. The van der Waals surface area contributed by atoms with Gasteiger partial charge in [0.15, 0.2) is 0 Å². The molecule has 0 aliphatic heterocycles. The number of hydrogen-bond donors (Lipinski definition) is 1. The van der Waals surface area contributed by atoms with Gasteiger partial charge in [-0.1, -0.05) is 6.92 Å². The van der Waals surface area contributed by atoms with E-state index in [0.29, 0.717) is 0 Å². The van der Waals surface area contributed by atoms with Gasteiger partial charge in [-0.2, -0.15) is 5.10 Å². The second kappa shape index (κ2) is 3.38. The van der Waals surface area contributed by atoms with Crippen molar-refractivity contribution < 1.29 is 4.79 Å². The fourth-order valence-electron chi connectivity index (χ4n) is 1.15. The Hall–Kier alpha value is -1.32. The van der Waals surface area contributed by atoms with Crippen LogP contribution in [-0.4, -0.2) is 15.7 Å². The highest BCUT2D eigenvalue weighted by Gasteiger charge is 2.03. The molecule has 1 aromatic rings. The van der Waals surface area contributed by atoms with Gasteiger partial charge in [0.05, 0.1) is 5.69 Å². The predicted molar refractivity (Wildman–Crippen MR) is 45.5 cm³/mol. The van der Waals surface area contributed by atoms with Gasteiger partial charge in [-0.25, -0.2) is 0 Å². The van der Waals surface area contributed by atoms with Crippen LogP contribution in [0.1, 0.15) is 18.2 Å². The Morgan fingerprint density at radius 3 is 2.83 bits per heavy atom. The fraction of sp³-hybridized carbons (Fsp3) is 0.500. The van der Waals surface area contributed by atoms with E-state index in [1.807, 2.05) is 13.1 Å². The van der Waals surface area contributed by atoms with E-state index in [9.17, 15) is 4.79 Å². The smallest absolute Gasteiger partial charge is 0.239 e. The topological polar surface area (TPSA) is 60.9 Å². The molecule has 0 atom stereocenters. The molecule has 4 nitrogen and oxygen atoms in total. The van der Waals surface area contributed by atoms with Crippen LogP contribution >= 0.6 is 0 Å². The monoisotopic (exact) mass is 167 g/mol. The number of aryl methyl sites for hydroxylation is 2. The molecule has 1 rings (SSSR count). The molecule has 0 aliphatic rings. The number of primary amides is 1. The van der Waals surface area contributed by atoms with Crippen LogP contribution in [0, 0.1) is 6.92 Å². The van der Waals surface area contributed by atoms with Crippen molar-refractivity contribution in [3.05, 3.63) is 17.5 Å². The molecule has 0 radical (unpaired) electrons. The van der Waals surface area contributed by atoms with Crippen molar-refractivity contribution in [2.45, 2.75) is 26.8 Å². The van der Waals surface area contributed by atoms with Crippen LogP contribution in [0.2, 0.25) is 0 Å². The summed E-state index contributed by atoms with van der Waals surface area (Å²) in [6.45, 7) is 4.15. The van der Waals surface area contributed by atoms with E-state index in [1.165, 1.54) is 0 Å². The van der Waals surface area contributed by atoms with Gasteiger partial charge in [0.25, 0.3) is 0 Å². The summed E-state index contributed by atoms with van der Waals surface area (Å²) in [5.74, 6) is -0.361. The molecular weight excluding hydrogens is 154 g/mol. The zero-order valence-corrected chi connectivity index (χ0v) is 7.37. The Kier molecular flexibility index (Phi) is 2.47. The second-order valence-corrected chi connectivity index (χ2v) is 2.76. The van der Waals surface area contributed by atoms with E-state index in [2.05, 4.69) is 12.0 Å². The third kappa shape index (κ3) is 1.84. The van der Waals surface area contributed by atoms with Crippen LogP contribution < -0.4 is 5.73 Å². The quantitative estimate of drug-likeness (QED) is 0.701. The van der Waals surface area contributed by atoms with Gasteiger partial charge in [0.2, 0.25) is 5.91 Å². The maximum Gasteiger partial charge on any atom is 0.239 e. The first-order valence-corrected chi connectivity index (χ1v) is 3.94. The number of aromatic nitrogens is 2. The van der Waals surface area contributed by atoms with Crippen LogP contribution in [0.15, 0.2) is 6.20 Å². The van der Waals surface area contributed by atoms with E-state index in [-0.39, 0.29) is 12.5 Å². The lowest BCUT2D eigenvalue weighted by Gasteiger charge is -1.93. The molecule has 0 aromatic carbocycles. The summed E-state index contributed by atoms with van der Waals surface area (Å²) < 4.78 is 1.58. The molecule has 1 heterocycles. The summed E-state index contributed by atoms with van der Waals surface area (Å²) in [4.78, 5) is 10.5. The highest BCUT2D eigenvalue weighted by atomic mass is 16.1. The first kappa shape index (κ1) is 8.77. The SMILES string of the molecule is CCc1cn(CC(N)=O)nc1C. The Labute approximate surface area is 71.4 Å². The molecule has 0 spiro atoms. The van der Waals surface area contributed by atoms with Gasteiger partial charge in [0, 0.05) is 6.20 Å². The summed E-state index contributed by atoms with van der Waals surface area (Å²) in [5.41, 5.74) is 7.16. The number of nitrogens with two attached hydrogens (primary N) is 1. The Balaban J connectivity index is 2.82. The number of amides is 1. The lowest BCUT2D eigenvalue weighted by molar-refractivity contribution is -0.118. The summed E-state index contributed by atoms with van der Waals surface area (Å²) in [5, 5.41) is 4.14. The minimum absolute atomic E-state index is 0.167. The molecule has 4 heteroatoms. The van der Waals surface area contributed by atoms with Crippen molar-refractivity contribution in [2.24, 2.45) is 5.73 Å². The highest BCUT2D eigenvalue weighted by Crippen LogP contribution is 2.05. The van der Waals surface area contributed by atoms with Gasteiger partial charge in [0.1, 0.15) is 6.54 Å². The number of nitrogens with zero attached hydrogens (tertiary/aromatic N) is 2. The normalized spacial score (nSPS) is 10.2. The molecular formula is C8H13N3O. The van der Waals surface area contributed by atoms with E-state index in [4.69, 9.17) is 5.73 Å². The molecule has 66 valence electrons. The van der Waals surface area contributed by atoms with E-state index >= 15 is 0 Å². The van der Waals surface area contributed by atoms with Gasteiger partial charge >= 0.3 is 0 Å². The molecule has 0 fully saturated rings. The second-order valence-electron chi connectivity index (χ2n) is 2.76. The van der Waals surface area contributed by atoms with Crippen molar-refractivity contribution in [1.82, 2.24) is 9.78 Å². The number of rotatable bonds is 3. The van der Waals surface area contributed by atoms with Gasteiger partial charge < -0.3 is 5.73 Å². The Bertz CT molecular complexity index is 290. The molecule has 2 N–H and O–H groups in total. The summed E-state index contributed by atoms with van der Waals surface area (Å²) in [6, 6.07) is 0. The Morgan fingerprint density at radius 2 is 2.42 bits per heavy atom. The predicted octanol–water partition coefficient (Wildman–Crippen LogP) is 0.239. The minimum atomic E-state index is -0.361. The minimum Gasteiger partial charge on any atom is -0.368 e. The van der Waals surface area contributed by atoms with E-state index < -0.39 is 0 Å². The van der Waals surface area contributed by atoms with Gasteiger partial charge in [-0.3, -0.25) is 9.48 Å². The van der Waals surface area contributed by atoms with Crippen LogP contribution in [0.4, 0.5) is 0 Å². The zero-order valence-electron chi connectivity index (χ0n) is 7.37. The fourth-order valence-corrected chi connectivity index (χ4v) is 1.15. The third-order valence-electron chi connectivity index (χ3n) is 1.75. The van der Waals surface area contributed by atoms with Crippen LogP contribution in [0.25, 0.3) is 0 Å². The standard InChI is InChI=1S/C8H13N3O/c1-3-7-4-11(5-8(9)12)10-6(7)2/h4H,3,5H2,1-2H3,(H2,9,12). The van der Waals surface area contributed by atoms with Crippen molar-refractivity contribution >= 4 is 5.91 Å². The Morgan fingerprint density at radius 1 is 1.75 bits per heavy atom. The third-order valence-corrected chi connectivity index (χ3v) is 1.75. The average Bonchev–Trinajstić information content (AvgIpc) is 2.29. The largest absolute Gasteiger partial charge is 0.368 e. The lowest BCUT2D eigenvalue weighted by Crippen LogP contribution is -2.18. The van der Waals surface area contributed by atoms with Crippen molar-refractivity contribution in [2.75, 3.05) is 0 Å². The molecule has 0 aliphatic carbocycles. The summed E-state index contributed by atoms with van der Waals surface area (Å²) in [6.07, 6.45) is 2.80. The lowest BCUT2D eigenvalue weighted by atomic mass is 10.2. The average molecular weight is 167 g/mol. The maximum atomic E-state index is 10.5. The van der Waals surface area contributed by atoms with E-state index in [1.54, 1.807) is 4.68 Å². The van der Waals surface area contributed by atoms with Gasteiger partial charge in [-0.05, 0) is 18.9 Å². The molecule has 12 heavy (non-hydrogen) atoms.